The molecule has 0 bridgehead atoms. The molecule has 0 unspecified atom stereocenters. The van der Waals surface area contributed by atoms with Crippen LogP contribution >= 0.6 is 0 Å². The minimum atomic E-state index is -0.553. The standard InChI is InChI=1S/C18H19N3O/c19-16(18(22)21-11-13-6-2-1-3-7-13)10-14-12-20-17-9-5-4-8-15(14)17/h1-9,12,16,20H,10-11,19H2,(H,21,22)/t16-/m0/s1. The molecule has 0 aliphatic heterocycles. The molecule has 0 fully saturated rings. The normalized spacial score (nSPS) is 12.2. The van der Waals surface area contributed by atoms with E-state index in [-0.39, 0.29) is 5.91 Å². The molecule has 0 saturated carbocycles. The molecular formula is C18H19N3O. The van der Waals surface area contributed by atoms with Gasteiger partial charge in [-0.1, -0.05) is 48.5 Å². The Morgan fingerprint density at radius 2 is 1.82 bits per heavy atom. The maximum Gasteiger partial charge on any atom is 0.237 e. The number of nitrogens with one attached hydrogen (secondary N) is 2. The van der Waals surface area contributed by atoms with Gasteiger partial charge in [-0.2, -0.15) is 0 Å². The number of fused-ring (bicyclic) bond motifs is 1. The van der Waals surface area contributed by atoms with Crippen LogP contribution in [0.1, 0.15) is 11.1 Å². The summed E-state index contributed by atoms with van der Waals surface area (Å²) < 4.78 is 0. The van der Waals surface area contributed by atoms with E-state index in [1.165, 1.54) is 0 Å². The fourth-order valence-corrected chi connectivity index (χ4v) is 2.55. The average Bonchev–Trinajstić information content (AvgIpc) is 2.97. The smallest absolute Gasteiger partial charge is 0.237 e. The van der Waals surface area contributed by atoms with Gasteiger partial charge in [0.25, 0.3) is 0 Å². The number of carbonyl (C=O) groups is 1. The number of hydrogen-bond donors (Lipinski definition) is 3. The molecular weight excluding hydrogens is 274 g/mol. The van der Waals surface area contributed by atoms with Gasteiger partial charge in [0, 0.05) is 23.6 Å². The SMILES string of the molecule is N[C@@H](Cc1c[nH]c2ccccc12)C(=O)NCc1ccccc1. The van der Waals surface area contributed by atoms with E-state index in [2.05, 4.69) is 10.3 Å². The Morgan fingerprint density at radius 3 is 2.64 bits per heavy atom. The molecule has 1 heterocycles. The Hall–Kier alpha value is -2.59. The number of aromatic amines is 1. The van der Waals surface area contributed by atoms with Crippen molar-refractivity contribution in [2.45, 2.75) is 19.0 Å². The van der Waals surface area contributed by atoms with Crippen molar-refractivity contribution in [2.75, 3.05) is 0 Å². The fraction of sp³-hybridized carbons (Fsp3) is 0.167. The van der Waals surface area contributed by atoms with E-state index in [0.29, 0.717) is 13.0 Å². The second-order valence-corrected chi connectivity index (χ2v) is 5.37. The first-order chi connectivity index (χ1) is 10.7. The summed E-state index contributed by atoms with van der Waals surface area (Å²) in [6.07, 6.45) is 2.44. The van der Waals surface area contributed by atoms with Crippen molar-refractivity contribution in [1.29, 1.82) is 0 Å². The molecule has 4 N–H and O–H groups in total. The summed E-state index contributed by atoms with van der Waals surface area (Å²) in [4.78, 5) is 15.3. The van der Waals surface area contributed by atoms with Gasteiger partial charge in [0.15, 0.2) is 0 Å². The van der Waals surface area contributed by atoms with Crippen LogP contribution in [0.4, 0.5) is 0 Å². The van der Waals surface area contributed by atoms with E-state index in [4.69, 9.17) is 5.73 Å². The van der Waals surface area contributed by atoms with Crippen molar-refractivity contribution in [2.24, 2.45) is 5.73 Å². The molecule has 0 saturated heterocycles. The monoisotopic (exact) mass is 293 g/mol. The summed E-state index contributed by atoms with van der Waals surface area (Å²) in [5.41, 5.74) is 9.23. The summed E-state index contributed by atoms with van der Waals surface area (Å²) in [7, 11) is 0. The lowest BCUT2D eigenvalue weighted by Crippen LogP contribution is -2.41. The van der Waals surface area contributed by atoms with Crippen LogP contribution in [0.3, 0.4) is 0 Å². The van der Waals surface area contributed by atoms with Crippen LogP contribution in [-0.4, -0.2) is 16.9 Å². The van der Waals surface area contributed by atoms with Crippen LogP contribution in [0.15, 0.2) is 60.8 Å². The highest BCUT2D eigenvalue weighted by molar-refractivity contribution is 5.86. The van der Waals surface area contributed by atoms with Gasteiger partial charge >= 0.3 is 0 Å². The average molecular weight is 293 g/mol. The molecule has 3 aromatic rings. The Kier molecular flexibility index (Phi) is 4.21. The number of carbonyl (C=O) groups excluding carboxylic acids is 1. The molecule has 22 heavy (non-hydrogen) atoms. The summed E-state index contributed by atoms with van der Waals surface area (Å²) in [6.45, 7) is 0.501. The molecule has 1 aromatic heterocycles. The lowest BCUT2D eigenvalue weighted by molar-refractivity contribution is -0.122. The summed E-state index contributed by atoms with van der Waals surface area (Å²) in [5.74, 6) is -0.130. The molecule has 0 radical (unpaired) electrons. The van der Waals surface area contributed by atoms with Crippen molar-refractivity contribution in [1.82, 2.24) is 10.3 Å². The molecule has 0 aliphatic rings. The first kappa shape index (κ1) is 14.4. The summed E-state index contributed by atoms with van der Waals surface area (Å²) in [5, 5.41) is 4.00. The Morgan fingerprint density at radius 1 is 1.09 bits per heavy atom. The van der Waals surface area contributed by atoms with Crippen molar-refractivity contribution in [3.63, 3.8) is 0 Å². The first-order valence-corrected chi connectivity index (χ1v) is 7.36. The van der Waals surface area contributed by atoms with Gasteiger partial charge in [0.1, 0.15) is 0 Å². The van der Waals surface area contributed by atoms with E-state index >= 15 is 0 Å². The molecule has 0 aliphatic carbocycles. The number of rotatable bonds is 5. The molecule has 4 heteroatoms. The minimum Gasteiger partial charge on any atom is -0.361 e. The van der Waals surface area contributed by atoms with Crippen molar-refractivity contribution in [3.05, 3.63) is 71.9 Å². The van der Waals surface area contributed by atoms with Gasteiger partial charge in [-0.3, -0.25) is 4.79 Å². The number of aromatic nitrogens is 1. The van der Waals surface area contributed by atoms with E-state index in [1.54, 1.807) is 0 Å². The second kappa shape index (κ2) is 6.45. The van der Waals surface area contributed by atoms with Crippen LogP contribution in [-0.2, 0) is 17.8 Å². The fourth-order valence-electron chi connectivity index (χ4n) is 2.55. The topological polar surface area (TPSA) is 70.9 Å². The van der Waals surface area contributed by atoms with Gasteiger partial charge < -0.3 is 16.0 Å². The third-order valence-electron chi connectivity index (χ3n) is 3.76. The van der Waals surface area contributed by atoms with Gasteiger partial charge in [-0.25, -0.2) is 0 Å². The number of para-hydroxylation sites is 1. The third-order valence-corrected chi connectivity index (χ3v) is 3.76. The predicted molar refractivity (Wildman–Crippen MR) is 88.3 cm³/mol. The van der Waals surface area contributed by atoms with Crippen LogP contribution in [0.2, 0.25) is 0 Å². The first-order valence-electron chi connectivity index (χ1n) is 7.36. The van der Waals surface area contributed by atoms with Crippen molar-refractivity contribution >= 4 is 16.8 Å². The van der Waals surface area contributed by atoms with Crippen molar-refractivity contribution in [3.8, 4) is 0 Å². The Bertz CT molecular complexity index is 764. The maximum atomic E-state index is 12.1. The van der Waals surface area contributed by atoms with Crippen LogP contribution in [0, 0.1) is 0 Å². The van der Waals surface area contributed by atoms with E-state index in [9.17, 15) is 4.79 Å². The van der Waals surface area contributed by atoms with Crippen LogP contribution < -0.4 is 11.1 Å². The van der Waals surface area contributed by atoms with E-state index < -0.39 is 6.04 Å². The second-order valence-electron chi connectivity index (χ2n) is 5.37. The largest absolute Gasteiger partial charge is 0.361 e. The summed E-state index contributed by atoms with van der Waals surface area (Å²) in [6, 6.07) is 17.3. The Balaban J connectivity index is 1.61. The molecule has 112 valence electrons. The maximum absolute atomic E-state index is 12.1. The lowest BCUT2D eigenvalue weighted by atomic mass is 10.0. The number of amides is 1. The molecule has 1 amide bonds. The van der Waals surface area contributed by atoms with Gasteiger partial charge in [0.2, 0.25) is 5.91 Å². The molecule has 4 nitrogen and oxygen atoms in total. The number of benzene rings is 2. The van der Waals surface area contributed by atoms with E-state index in [1.807, 2.05) is 60.8 Å². The number of H-pyrrole nitrogens is 1. The molecule has 2 aromatic carbocycles. The molecule has 0 spiro atoms. The zero-order chi connectivity index (χ0) is 15.4. The summed E-state index contributed by atoms with van der Waals surface area (Å²) >= 11 is 0. The van der Waals surface area contributed by atoms with Crippen molar-refractivity contribution < 1.29 is 4.79 Å². The van der Waals surface area contributed by atoms with Gasteiger partial charge in [-0.05, 0) is 23.6 Å². The van der Waals surface area contributed by atoms with E-state index in [0.717, 1.165) is 22.0 Å². The Labute approximate surface area is 129 Å². The highest BCUT2D eigenvalue weighted by Gasteiger charge is 2.15. The molecule has 3 rings (SSSR count). The molecule has 1 atom stereocenters. The number of nitrogens with two attached hydrogens (primary N) is 1. The minimum absolute atomic E-state index is 0.130. The lowest BCUT2D eigenvalue weighted by Gasteiger charge is -2.12. The predicted octanol–water partition coefficient (Wildman–Crippen LogP) is 2.35. The van der Waals surface area contributed by atoms with Crippen LogP contribution in [0.5, 0.6) is 0 Å². The highest BCUT2D eigenvalue weighted by atomic mass is 16.2. The highest BCUT2D eigenvalue weighted by Crippen LogP contribution is 2.18. The van der Waals surface area contributed by atoms with Gasteiger partial charge in [-0.15, -0.1) is 0 Å². The third kappa shape index (κ3) is 3.18. The number of hydrogen-bond acceptors (Lipinski definition) is 2. The zero-order valence-electron chi connectivity index (χ0n) is 12.3. The van der Waals surface area contributed by atoms with Gasteiger partial charge in [0.05, 0.1) is 6.04 Å². The van der Waals surface area contributed by atoms with Crippen LogP contribution in [0.25, 0.3) is 10.9 Å². The zero-order valence-corrected chi connectivity index (χ0v) is 12.3. The quantitative estimate of drug-likeness (QED) is 0.676.